The number of unbranched alkanes of at least 4 members (excludes halogenated alkanes) is 10. The first-order chi connectivity index (χ1) is 12.0. The van der Waals surface area contributed by atoms with E-state index in [9.17, 15) is 10.2 Å². The van der Waals surface area contributed by atoms with Crippen molar-refractivity contribution in [2.24, 2.45) is 0 Å². The van der Waals surface area contributed by atoms with Gasteiger partial charge in [0.25, 0.3) is 0 Å². The highest BCUT2D eigenvalue weighted by Crippen LogP contribution is 2.16. The Labute approximate surface area is 157 Å². The molecule has 0 aromatic carbocycles. The first-order valence-corrected chi connectivity index (χ1v) is 11.0. The van der Waals surface area contributed by atoms with E-state index in [1.807, 2.05) is 13.8 Å². The molecule has 3 nitrogen and oxygen atoms in total. The summed E-state index contributed by atoms with van der Waals surface area (Å²) in [6, 6.07) is 0. The van der Waals surface area contributed by atoms with Crippen molar-refractivity contribution in [3.8, 4) is 0 Å². The normalized spacial score (nSPS) is 16.6. The fraction of sp³-hybridized carbons (Fsp3) is 1.00. The van der Waals surface area contributed by atoms with Crippen LogP contribution in [0.25, 0.3) is 0 Å². The Kier molecular flexibility index (Phi) is 17.2. The number of rotatable bonds is 18. The molecule has 152 valence electrons. The van der Waals surface area contributed by atoms with Gasteiger partial charge >= 0.3 is 0 Å². The van der Waals surface area contributed by atoms with Crippen LogP contribution in [-0.2, 0) is 4.74 Å². The molecule has 4 atom stereocenters. The lowest BCUT2D eigenvalue weighted by molar-refractivity contribution is -0.105. The monoisotopic (exact) mass is 358 g/mol. The third-order valence-electron chi connectivity index (χ3n) is 5.22. The van der Waals surface area contributed by atoms with Crippen LogP contribution in [0.2, 0.25) is 0 Å². The van der Waals surface area contributed by atoms with Gasteiger partial charge in [0.05, 0.1) is 24.4 Å². The smallest absolute Gasteiger partial charge is 0.0810 e. The molecule has 0 heterocycles. The lowest BCUT2D eigenvalue weighted by Crippen LogP contribution is -2.35. The second kappa shape index (κ2) is 17.3. The lowest BCUT2D eigenvalue weighted by atomic mass is 10.0. The Morgan fingerprint density at radius 1 is 0.560 bits per heavy atom. The fourth-order valence-electron chi connectivity index (χ4n) is 3.26. The molecule has 0 fully saturated rings. The van der Waals surface area contributed by atoms with Gasteiger partial charge in [-0.25, -0.2) is 0 Å². The van der Waals surface area contributed by atoms with Gasteiger partial charge in [-0.15, -0.1) is 0 Å². The van der Waals surface area contributed by atoms with Crippen molar-refractivity contribution in [2.75, 3.05) is 0 Å². The number of hydrogen-bond donors (Lipinski definition) is 2. The summed E-state index contributed by atoms with van der Waals surface area (Å²) < 4.78 is 5.87. The van der Waals surface area contributed by atoms with E-state index in [2.05, 4.69) is 13.8 Å². The van der Waals surface area contributed by atoms with Crippen LogP contribution < -0.4 is 0 Å². The van der Waals surface area contributed by atoms with Crippen molar-refractivity contribution >= 4 is 0 Å². The van der Waals surface area contributed by atoms with Crippen LogP contribution in [0.15, 0.2) is 0 Å². The minimum atomic E-state index is -0.421. The molecule has 2 N–H and O–H groups in total. The Balaban J connectivity index is 3.73. The molecule has 0 saturated carbocycles. The van der Waals surface area contributed by atoms with E-state index >= 15 is 0 Å². The molecule has 0 aliphatic rings. The molecule has 0 radical (unpaired) electrons. The van der Waals surface area contributed by atoms with Crippen LogP contribution in [0.4, 0.5) is 0 Å². The average Bonchev–Trinajstić information content (AvgIpc) is 2.60. The standard InChI is InChI=1S/C22H46O3/c1-5-7-9-11-13-15-17-21(23)19(3)25-20(4)22(24)18-16-14-12-10-8-6-2/h19-24H,5-18H2,1-4H3. The topological polar surface area (TPSA) is 49.7 Å². The van der Waals surface area contributed by atoms with E-state index in [0.29, 0.717) is 0 Å². The van der Waals surface area contributed by atoms with Crippen LogP contribution in [0.1, 0.15) is 118 Å². The molecule has 0 aromatic rings. The van der Waals surface area contributed by atoms with Gasteiger partial charge in [0.1, 0.15) is 0 Å². The summed E-state index contributed by atoms with van der Waals surface area (Å²) in [5, 5.41) is 20.5. The summed E-state index contributed by atoms with van der Waals surface area (Å²) in [6.45, 7) is 8.31. The molecule has 25 heavy (non-hydrogen) atoms. The number of aliphatic hydroxyl groups excluding tert-OH is 2. The van der Waals surface area contributed by atoms with Gasteiger partial charge in [-0.2, -0.15) is 0 Å². The number of ether oxygens (including phenoxy) is 1. The van der Waals surface area contributed by atoms with Crippen LogP contribution in [0.3, 0.4) is 0 Å². The minimum absolute atomic E-state index is 0.204. The fourth-order valence-corrected chi connectivity index (χ4v) is 3.26. The average molecular weight is 359 g/mol. The third-order valence-corrected chi connectivity index (χ3v) is 5.22. The largest absolute Gasteiger partial charge is 0.390 e. The molecule has 0 spiro atoms. The van der Waals surface area contributed by atoms with Crippen LogP contribution in [0, 0.1) is 0 Å². The van der Waals surface area contributed by atoms with Crippen molar-refractivity contribution in [1.82, 2.24) is 0 Å². The molecular formula is C22H46O3. The Morgan fingerprint density at radius 2 is 0.880 bits per heavy atom. The highest BCUT2D eigenvalue weighted by molar-refractivity contribution is 4.70. The molecule has 0 aromatic heterocycles. The van der Waals surface area contributed by atoms with Crippen molar-refractivity contribution in [3.63, 3.8) is 0 Å². The van der Waals surface area contributed by atoms with E-state index in [4.69, 9.17) is 4.74 Å². The zero-order chi connectivity index (χ0) is 18.9. The summed E-state index contributed by atoms with van der Waals surface area (Å²) in [5.74, 6) is 0. The zero-order valence-electron chi connectivity index (χ0n) is 17.5. The van der Waals surface area contributed by atoms with Crippen LogP contribution >= 0.6 is 0 Å². The van der Waals surface area contributed by atoms with E-state index in [1.165, 1.54) is 64.2 Å². The Hall–Kier alpha value is -0.120. The maximum absolute atomic E-state index is 10.2. The summed E-state index contributed by atoms with van der Waals surface area (Å²) in [6.07, 6.45) is 15.2. The van der Waals surface area contributed by atoms with E-state index in [0.717, 1.165) is 25.7 Å². The predicted octanol–water partition coefficient (Wildman–Crippen LogP) is 6.00. The van der Waals surface area contributed by atoms with Gasteiger partial charge in [-0.05, 0) is 26.7 Å². The molecule has 4 unspecified atom stereocenters. The SMILES string of the molecule is CCCCCCCCC(O)C(C)OC(C)C(O)CCCCCCCC. The maximum Gasteiger partial charge on any atom is 0.0810 e. The lowest BCUT2D eigenvalue weighted by Gasteiger charge is -2.26. The summed E-state index contributed by atoms with van der Waals surface area (Å²) >= 11 is 0. The van der Waals surface area contributed by atoms with Crippen molar-refractivity contribution in [1.29, 1.82) is 0 Å². The molecule has 3 heteroatoms. The van der Waals surface area contributed by atoms with E-state index < -0.39 is 12.2 Å². The highest BCUT2D eigenvalue weighted by atomic mass is 16.5. The van der Waals surface area contributed by atoms with Gasteiger partial charge in [-0.1, -0.05) is 90.9 Å². The quantitative estimate of drug-likeness (QED) is 0.295. The van der Waals surface area contributed by atoms with Crippen LogP contribution in [-0.4, -0.2) is 34.6 Å². The van der Waals surface area contributed by atoms with Crippen molar-refractivity contribution < 1.29 is 14.9 Å². The summed E-state index contributed by atoms with van der Waals surface area (Å²) in [5.41, 5.74) is 0. The second-order valence-corrected chi connectivity index (χ2v) is 7.79. The molecule has 0 amide bonds. The Morgan fingerprint density at radius 3 is 1.24 bits per heavy atom. The molecule has 0 aliphatic heterocycles. The third kappa shape index (κ3) is 14.7. The zero-order valence-corrected chi connectivity index (χ0v) is 17.5. The van der Waals surface area contributed by atoms with E-state index in [1.54, 1.807) is 0 Å². The van der Waals surface area contributed by atoms with Gasteiger partial charge in [0.2, 0.25) is 0 Å². The minimum Gasteiger partial charge on any atom is -0.390 e. The molecule has 0 aliphatic carbocycles. The maximum atomic E-state index is 10.2. The van der Waals surface area contributed by atoms with E-state index in [-0.39, 0.29) is 12.2 Å². The van der Waals surface area contributed by atoms with Gasteiger partial charge in [-0.3, -0.25) is 0 Å². The molecule has 0 bridgehead atoms. The predicted molar refractivity (Wildman–Crippen MR) is 108 cm³/mol. The molecule has 0 saturated heterocycles. The second-order valence-electron chi connectivity index (χ2n) is 7.79. The first kappa shape index (κ1) is 24.9. The number of aliphatic hydroxyl groups is 2. The van der Waals surface area contributed by atoms with Crippen LogP contribution in [0.5, 0.6) is 0 Å². The molecule has 0 rings (SSSR count). The van der Waals surface area contributed by atoms with Crippen molar-refractivity contribution in [3.05, 3.63) is 0 Å². The number of hydrogen-bond acceptors (Lipinski definition) is 3. The Bertz CT molecular complexity index is 244. The highest BCUT2D eigenvalue weighted by Gasteiger charge is 2.21. The van der Waals surface area contributed by atoms with Gasteiger partial charge < -0.3 is 14.9 Å². The van der Waals surface area contributed by atoms with Gasteiger partial charge in [0, 0.05) is 0 Å². The summed E-state index contributed by atoms with van der Waals surface area (Å²) in [4.78, 5) is 0. The van der Waals surface area contributed by atoms with Crippen molar-refractivity contribution in [2.45, 2.75) is 142 Å². The first-order valence-electron chi connectivity index (χ1n) is 11.0. The summed E-state index contributed by atoms with van der Waals surface area (Å²) in [7, 11) is 0. The molecular weight excluding hydrogens is 312 g/mol. The van der Waals surface area contributed by atoms with Gasteiger partial charge in [0.15, 0.2) is 0 Å².